The van der Waals surface area contributed by atoms with Gasteiger partial charge in [0.05, 0.1) is 5.39 Å². The van der Waals surface area contributed by atoms with Crippen LogP contribution in [0.25, 0.3) is 11.0 Å². The van der Waals surface area contributed by atoms with Crippen molar-refractivity contribution in [2.24, 2.45) is 0 Å². The first-order chi connectivity index (χ1) is 8.40. The van der Waals surface area contributed by atoms with E-state index in [1.807, 2.05) is 6.26 Å². The number of thioether (sulfide) groups is 1. The minimum absolute atomic E-state index is 0.838. The highest BCUT2D eigenvalue weighted by Gasteiger charge is 2.18. The molecule has 90 valence electrons. The van der Waals surface area contributed by atoms with Crippen LogP contribution in [0.1, 0.15) is 19.3 Å². The molecule has 1 N–H and O–H groups in total. The predicted molar refractivity (Wildman–Crippen MR) is 69.5 cm³/mol. The van der Waals surface area contributed by atoms with Gasteiger partial charge in [-0.1, -0.05) is 0 Å². The summed E-state index contributed by atoms with van der Waals surface area (Å²) >= 11 is 1.63. The fraction of sp³-hybridized carbons (Fsp3) is 0.545. The number of aromatic amines is 1. The number of anilines is 1. The van der Waals surface area contributed by atoms with Crippen LogP contribution < -0.4 is 4.90 Å². The summed E-state index contributed by atoms with van der Waals surface area (Å²) in [4.78, 5) is 11.0. The van der Waals surface area contributed by atoms with E-state index < -0.39 is 0 Å². The topological polar surface area (TPSA) is 57.7 Å². The van der Waals surface area contributed by atoms with Crippen molar-refractivity contribution in [1.82, 2.24) is 20.2 Å². The van der Waals surface area contributed by atoms with Crippen LogP contribution in [0.2, 0.25) is 0 Å². The monoisotopic (exact) mass is 249 g/mol. The van der Waals surface area contributed by atoms with E-state index in [1.54, 1.807) is 18.1 Å². The normalized spacial score (nSPS) is 16.6. The van der Waals surface area contributed by atoms with Gasteiger partial charge in [-0.3, -0.25) is 5.10 Å². The molecule has 3 rings (SSSR count). The van der Waals surface area contributed by atoms with Gasteiger partial charge >= 0.3 is 0 Å². The van der Waals surface area contributed by atoms with E-state index >= 15 is 0 Å². The summed E-state index contributed by atoms with van der Waals surface area (Å²) in [5.74, 6) is 1.04. The maximum Gasteiger partial charge on any atom is 0.161 e. The highest BCUT2D eigenvalue weighted by Crippen LogP contribution is 2.31. The molecule has 17 heavy (non-hydrogen) atoms. The third-order valence-electron chi connectivity index (χ3n) is 3.15. The van der Waals surface area contributed by atoms with E-state index in [9.17, 15) is 0 Å². The molecule has 0 aliphatic carbocycles. The molecule has 1 aliphatic rings. The standard InChI is InChI=1S/C11H15N5S/c1-17-11-8-9(14-15-11)12-7-13-10(8)16-5-3-2-4-6-16/h7H,2-6H2,1H3,(H,12,13,14,15). The lowest BCUT2D eigenvalue weighted by Gasteiger charge is -2.27. The van der Waals surface area contributed by atoms with Gasteiger partial charge in [0.25, 0.3) is 0 Å². The maximum absolute atomic E-state index is 4.45. The van der Waals surface area contributed by atoms with Gasteiger partial charge in [0, 0.05) is 13.1 Å². The van der Waals surface area contributed by atoms with Crippen molar-refractivity contribution in [3.8, 4) is 0 Å². The van der Waals surface area contributed by atoms with E-state index in [-0.39, 0.29) is 0 Å². The first-order valence-corrected chi connectivity index (χ1v) is 7.10. The summed E-state index contributed by atoms with van der Waals surface area (Å²) in [5, 5.41) is 9.31. The molecule has 1 saturated heterocycles. The van der Waals surface area contributed by atoms with E-state index in [2.05, 4.69) is 25.1 Å². The van der Waals surface area contributed by atoms with Gasteiger partial charge in [-0.25, -0.2) is 9.97 Å². The van der Waals surface area contributed by atoms with Gasteiger partial charge in [0.1, 0.15) is 17.2 Å². The Morgan fingerprint density at radius 3 is 2.82 bits per heavy atom. The number of piperidine rings is 1. The minimum Gasteiger partial charge on any atom is -0.356 e. The van der Waals surface area contributed by atoms with Crippen molar-refractivity contribution < 1.29 is 0 Å². The number of rotatable bonds is 2. The third-order valence-corrected chi connectivity index (χ3v) is 3.84. The second-order valence-corrected chi connectivity index (χ2v) is 5.00. The molecule has 2 aromatic rings. The van der Waals surface area contributed by atoms with Crippen molar-refractivity contribution in [2.75, 3.05) is 24.2 Å². The number of nitrogens with one attached hydrogen (secondary N) is 1. The molecule has 0 amide bonds. The van der Waals surface area contributed by atoms with Crippen molar-refractivity contribution in [2.45, 2.75) is 24.3 Å². The average molecular weight is 249 g/mol. The van der Waals surface area contributed by atoms with Crippen molar-refractivity contribution in [3.63, 3.8) is 0 Å². The summed E-state index contributed by atoms with van der Waals surface area (Å²) in [6.45, 7) is 2.18. The first kappa shape index (κ1) is 10.8. The molecule has 0 spiro atoms. The number of hydrogen-bond acceptors (Lipinski definition) is 5. The second-order valence-electron chi connectivity index (χ2n) is 4.20. The Hall–Kier alpha value is -1.30. The molecule has 0 radical (unpaired) electrons. The Balaban J connectivity index is 2.10. The van der Waals surface area contributed by atoms with Gasteiger partial charge in [0.2, 0.25) is 0 Å². The van der Waals surface area contributed by atoms with Crippen LogP contribution in [-0.4, -0.2) is 39.5 Å². The van der Waals surface area contributed by atoms with Crippen LogP contribution in [0.4, 0.5) is 5.82 Å². The SMILES string of the molecule is CSc1n[nH]c2ncnc(N3CCCCC3)c12. The number of nitrogens with zero attached hydrogens (tertiary/aromatic N) is 4. The van der Waals surface area contributed by atoms with Crippen molar-refractivity contribution in [1.29, 1.82) is 0 Å². The van der Waals surface area contributed by atoms with Gasteiger partial charge < -0.3 is 4.90 Å². The summed E-state index contributed by atoms with van der Waals surface area (Å²) < 4.78 is 0. The smallest absolute Gasteiger partial charge is 0.161 e. The van der Waals surface area contributed by atoms with E-state index in [1.165, 1.54) is 19.3 Å². The Morgan fingerprint density at radius 1 is 1.24 bits per heavy atom. The van der Waals surface area contributed by atoms with Crippen LogP contribution in [0.3, 0.4) is 0 Å². The molecule has 2 aromatic heterocycles. The highest BCUT2D eigenvalue weighted by molar-refractivity contribution is 7.98. The van der Waals surface area contributed by atoms with E-state index in [4.69, 9.17) is 0 Å². The Kier molecular flexibility index (Phi) is 2.88. The largest absolute Gasteiger partial charge is 0.356 e. The lowest BCUT2D eigenvalue weighted by molar-refractivity contribution is 0.574. The molecule has 6 heteroatoms. The fourth-order valence-corrected chi connectivity index (χ4v) is 2.84. The van der Waals surface area contributed by atoms with Crippen LogP contribution in [0.5, 0.6) is 0 Å². The number of hydrogen-bond donors (Lipinski definition) is 1. The van der Waals surface area contributed by atoms with Crippen LogP contribution >= 0.6 is 11.8 Å². The van der Waals surface area contributed by atoms with E-state index in [0.29, 0.717) is 0 Å². The van der Waals surface area contributed by atoms with Gasteiger partial charge in [0.15, 0.2) is 5.65 Å². The number of fused-ring (bicyclic) bond motifs is 1. The minimum atomic E-state index is 0.838. The predicted octanol–water partition coefficient (Wildman–Crippen LogP) is 2.07. The number of aromatic nitrogens is 4. The molecule has 0 saturated carbocycles. The lowest BCUT2D eigenvalue weighted by atomic mass is 10.1. The zero-order valence-electron chi connectivity index (χ0n) is 9.81. The molecule has 1 aliphatic heterocycles. The molecule has 5 nitrogen and oxygen atoms in total. The first-order valence-electron chi connectivity index (χ1n) is 5.88. The highest BCUT2D eigenvalue weighted by atomic mass is 32.2. The summed E-state index contributed by atoms with van der Waals surface area (Å²) in [5.41, 5.74) is 0.838. The van der Waals surface area contributed by atoms with Gasteiger partial charge in [-0.05, 0) is 25.5 Å². The molecular formula is C11H15N5S. The second kappa shape index (κ2) is 4.52. The molecule has 0 atom stereocenters. The average Bonchev–Trinajstić information content (AvgIpc) is 2.82. The number of H-pyrrole nitrogens is 1. The molecule has 0 bridgehead atoms. The zero-order chi connectivity index (χ0) is 11.7. The van der Waals surface area contributed by atoms with E-state index in [0.717, 1.165) is 35.0 Å². The zero-order valence-corrected chi connectivity index (χ0v) is 10.6. The fourth-order valence-electron chi connectivity index (χ4n) is 2.31. The molecule has 0 unspecified atom stereocenters. The molecule has 1 fully saturated rings. The van der Waals surface area contributed by atoms with Crippen LogP contribution in [0, 0.1) is 0 Å². The Morgan fingerprint density at radius 2 is 2.06 bits per heavy atom. The Bertz CT molecular complexity index is 518. The Labute approximate surface area is 104 Å². The third kappa shape index (κ3) is 1.86. The quantitative estimate of drug-likeness (QED) is 0.826. The van der Waals surface area contributed by atoms with Crippen molar-refractivity contribution >= 4 is 28.6 Å². The molecular weight excluding hydrogens is 234 g/mol. The molecule has 3 heterocycles. The molecule has 0 aromatic carbocycles. The van der Waals surface area contributed by atoms with Crippen LogP contribution in [0.15, 0.2) is 11.4 Å². The summed E-state index contributed by atoms with van der Waals surface area (Å²) in [7, 11) is 0. The lowest BCUT2D eigenvalue weighted by Crippen LogP contribution is -2.30. The van der Waals surface area contributed by atoms with Gasteiger partial charge in [-0.2, -0.15) is 5.10 Å². The summed E-state index contributed by atoms with van der Waals surface area (Å²) in [6, 6.07) is 0. The van der Waals surface area contributed by atoms with Crippen molar-refractivity contribution in [3.05, 3.63) is 6.33 Å². The van der Waals surface area contributed by atoms with Gasteiger partial charge in [-0.15, -0.1) is 11.8 Å². The van der Waals surface area contributed by atoms with Crippen LogP contribution in [-0.2, 0) is 0 Å². The maximum atomic E-state index is 4.45. The summed E-state index contributed by atoms with van der Waals surface area (Å²) in [6.07, 6.45) is 7.47.